The highest BCUT2D eigenvalue weighted by molar-refractivity contribution is 8.13. The van der Waals surface area contributed by atoms with E-state index >= 15 is 0 Å². The summed E-state index contributed by atoms with van der Waals surface area (Å²) in [4.78, 5) is -0.268. The van der Waals surface area contributed by atoms with Crippen LogP contribution in [0.15, 0.2) is 17.0 Å². The van der Waals surface area contributed by atoms with Crippen LogP contribution in [0.4, 0.5) is 5.69 Å². The largest absolute Gasteiger partial charge is 0.493 e. The molecule has 114 valence electrons. The van der Waals surface area contributed by atoms with Gasteiger partial charge in [-0.1, -0.05) is 6.92 Å². The van der Waals surface area contributed by atoms with Gasteiger partial charge in [-0.15, -0.1) is 0 Å². The summed E-state index contributed by atoms with van der Waals surface area (Å²) in [6.45, 7) is 3.35. The Morgan fingerprint density at radius 3 is 2.30 bits per heavy atom. The van der Waals surface area contributed by atoms with Crippen molar-refractivity contribution >= 4 is 35.4 Å². The molecule has 1 rings (SSSR count). The molecule has 0 aliphatic carbocycles. The number of anilines is 1. The molecule has 0 aliphatic heterocycles. The van der Waals surface area contributed by atoms with E-state index in [1.807, 2.05) is 0 Å². The minimum atomic E-state index is -4.05. The van der Waals surface area contributed by atoms with E-state index < -0.39 is 19.1 Å². The van der Waals surface area contributed by atoms with Crippen LogP contribution in [0.5, 0.6) is 5.75 Å². The lowest BCUT2D eigenvalue weighted by molar-refractivity contribution is 0.405. The van der Waals surface area contributed by atoms with Crippen molar-refractivity contribution in [1.29, 1.82) is 0 Å². The number of rotatable bonds is 6. The first kappa shape index (κ1) is 17.1. The highest BCUT2D eigenvalue weighted by atomic mass is 35.7. The number of nitrogens with one attached hydrogen (secondary N) is 1. The van der Waals surface area contributed by atoms with Crippen LogP contribution < -0.4 is 9.46 Å². The van der Waals surface area contributed by atoms with Crippen LogP contribution in [-0.2, 0) is 19.1 Å². The first-order valence-corrected chi connectivity index (χ1v) is 9.70. The molecule has 1 aromatic rings. The van der Waals surface area contributed by atoms with E-state index in [0.29, 0.717) is 12.0 Å². The smallest absolute Gasteiger partial charge is 0.265 e. The lowest BCUT2D eigenvalue weighted by Crippen LogP contribution is -2.17. The van der Waals surface area contributed by atoms with Gasteiger partial charge in [0.2, 0.25) is 10.0 Å². The van der Waals surface area contributed by atoms with Crippen molar-refractivity contribution in [1.82, 2.24) is 0 Å². The van der Waals surface area contributed by atoms with Crippen LogP contribution in [0, 0.1) is 6.92 Å². The van der Waals surface area contributed by atoms with E-state index in [2.05, 4.69) is 4.72 Å². The fourth-order valence-electron chi connectivity index (χ4n) is 1.69. The number of ether oxygens (including phenoxy) is 1. The van der Waals surface area contributed by atoms with E-state index in [0.717, 1.165) is 0 Å². The van der Waals surface area contributed by atoms with Crippen LogP contribution in [0.2, 0.25) is 0 Å². The second-order valence-corrected chi connectivity index (χ2v) is 8.58. The molecule has 0 radical (unpaired) electrons. The third-order valence-electron chi connectivity index (χ3n) is 2.40. The second kappa shape index (κ2) is 6.19. The SMILES string of the molecule is CCCS(=O)(=O)Nc1cc(C)cc(S(=O)(=O)Cl)c1OC. The molecule has 0 atom stereocenters. The van der Waals surface area contributed by atoms with E-state index in [9.17, 15) is 16.8 Å². The Balaban J connectivity index is 3.45. The summed E-state index contributed by atoms with van der Waals surface area (Å²) in [5.41, 5.74) is 0.597. The molecule has 0 saturated carbocycles. The van der Waals surface area contributed by atoms with Gasteiger partial charge in [-0.2, -0.15) is 0 Å². The van der Waals surface area contributed by atoms with Crippen molar-refractivity contribution in [3.8, 4) is 5.75 Å². The topological polar surface area (TPSA) is 89.5 Å². The summed E-state index contributed by atoms with van der Waals surface area (Å²) in [5.74, 6) is -0.196. The highest BCUT2D eigenvalue weighted by Gasteiger charge is 2.22. The van der Waals surface area contributed by atoms with Crippen molar-refractivity contribution in [3.63, 3.8) is 0 Å². The predicted molar refractivity (Wildman–Crippen MR) is 78.5 cm³/mol. The predicted octanol–water partition coefficient (Wildman–Crippen LogP) is 2.08. The zero-order valence-electron chi connectivity index (χ0n) is 11.3. The van der Waals surface area contributed by atoms with E-state index in [1.165, 1.54) is 19.2 Å². The maximum absolute atomic E-state index is 11.8. The Morgan fingerprint density at radius 2 is 1.85 bits per heavy atom. The average Bonchev–Trinajstić information content (AvgIpc) is 2.26. The van der Waals surface area contributed by atoms with Gasteiger partial charge in [-0.25, -0.2) is 16.8 Å². The summed E-state index contributed by atoms with van der Waals surface area (Å²) < 4.78 is 53.9. The summed E-state index contributed by atoms with van der Waals surface area (Å²) in [7, 11) is -1.03. The summed E-state index contributed by atoms with van der Waals surface area (Å²) in [6.07, 6.45) is 0.435. The minimum absolute atomic E-state index is 0.0557. The van der Waals surface area contributed by atoms with Gasteiger partial charge in [-0.3, -0.25) is 4.72 Å². The van der Waals surface area contributed by atoms with E-state index in [1.54, 1.807) is 13.8 Å². The molecule has 0 aromatic heterocycles. The number of methoxy groups -OCH3 is 1. The van der Waals surface area contributed by atoms with Gasteiger partial charge in [-0.05, 0) is 31.0 Å². The number of aryl methyl sites for hydroxylation is 1. The third-order valence-corrected chi connectivity index (χ3v) is 5.21. The quantitative estimate of drug-likeness (QED) is 0.800. The molecular formula is C11H16ClNO5S2. The third kappa shape index (κ3) is 4.26. The zero-order valence-corrected chi connectivity index (χ0v) is 13.7. The molecule has 1 aromatic carbocycles. The Hall–Kier alpha value is -0.990. The monoisotopic (exact) mass is 341 g/mol. The molecule has 0 bridgehead atoms. The van der Waals surface area contributed by atoms with E-state index in [-0.39, 0.29) is 22.1 Å². The molecule has 0 saturated heterocycles. The fourth-order valence-corrected chi connectivity index (χ4v) is 3.91. The average molecular weight is 342 g/mol. The summed E-state index contributed by atoms with van der Waals surface area (Å²) in [6, 6.07) is 2.80. The normalized spacial score (nSPS) is 12.2. The van der Waals surface area contributed by atoms with Gasteiger partial charge in [0.15, 0.2) is 5.75 Å². The highest BCUT2D eigenvalue weighted by Crippen LogP contribution is 2.36. The van der Waals surface area contributed by atoms with Crippen LogP contribution in [0.3, 0.4) is 0 Å². The van der Waals surface area contributed by atoms with Crippen LogP contribution in [0.25, 0.3) is 0 Å². The lowest BCUT2D eigenvalue weighted by atomic mass is 10.2. The molecule has 0 unspecified atom stereocenters. The Labute approximate surface area is 123 Å². The van der Waals surface area contributed by atoms with Gasteiger partial charge in [0.1, 0.15) is 4.90 Å². The second-order valence-electron chi connectivity index (χ2n) is 4.20. The molecule has 0 spiro atoms. The Bertz CT molecular complexity index is 698. The van der Waals surface area contributed by atoms with Gasteiger partial charge in [0, 0.05) is 10.7 Å². The van der Waals surface area contributed by atoms with Gasteiger partial charge >= 0.3 is 0 Å². The Morgan fingerprint density at radius 1 is 1.25 bits per heavy atom. The molecule has 6 nitrogen and oxygen atoms in total. The number of hydrogen-bond acceptors (Lipinski definition) is 5. The maximum Gasteiger partial charge on any atom is 0.265 e. The molecular weight excluding hydrogens is 326 g/mol. The standard InChI is InChI=1S/C11H16ClNO5S2/c1-4-5-19(14,15)13-9-6-8(2)7-10(11(9)18-3)20(12,16)17/h6-7,13H,4-5H2,1-3H3. The van der Waals surface area contributed by atoms with E-state index in [4.69, 9.17) is 15.4 Å². The minimum Gasteiger partial charge on any atom is -0.493 e. The number of sulfonamides is 1. The summed E-state index contributed by atoms with van der Waals surface area (Å²) in [5, 5.41) is 0. The molecule has 0 aliphatic rings. The van der Waals surface area contributed by atoms with Crippen molar-refractivity contribution in [3.05, 3.63) is 17.7 Å². The number of halogens is 1. The van der Waals surface area contributed by atoms with Crippen LogP contribution in [-0.4, -0.2) is 29.7 Å². The van der Waals surface area contributed by atoms with Crippen LogP contribution >= 0.6 is 10.7 Å². The molecule has 20 heavy (non-hydrogen) atoms. The van der Waals surface area contributed by atoms with Gasteiger partial charge < -0.3 is 4.74 Å². The molecule has 0 fully saturated rings. The molecule has 1 N–H and O–H groups in total. The first-order valence-electron chi connectivity index (χ1n) is 5.74. The van der Waals surface area contributed by atoms with Crippen molar-refractivity contribution in [2.75, 3.05) is 17.6 Å². The van der Waals surface area contributed by atoms with Gasteiger partial charge in [0.25, 0.3) is 9.05 Å². The van der Waals surface area contributed by atoms with Gasteiger partial charge in [0.05, 0.1) is 18.6 Å². The van der Waals surface area contributed by atoms with Crippen molar-refractivity contribution in [2.24, 2.45) is 0 Å². The van der Waals surface area contributed by atoms with Crippen molar-refractivity contribution < 1.29 is 21.6 Å². The Kier molecular flexibility index (Phi) is 5.28. The summed E-state index contributed by atoms with van der Waals surface area (Å²) >= 11 is 0. The maximum atomic E-state index is 11.8. The fraction of sp³-hybridized carbons (Fsp3) is 0.455. The molecule has 0 heterocycles. The van der Waals surface area contributed by atoms with Crippen molar-refractivity contribution in [2.45, 2.75) is 25.2 Å². The first-order chi connectivity index (χ1) is 9.10. The van der Waals surface area contributed by atoms with Crippen LogP contribution in [0.1, 0.15) is 18.9 Å². The number of benzene rings is 1. The molecule has 9 heteroatoms. The lowest BCUT2D eigenvalue weighted by Gasteiger charge is -2.15. The zero-order chi connectivity index (χ0) is 15.6. The number of hydrogen-bond donors (Lipinski definition) is 1. The molecule has 0 amide bonds.